The van der Waals surface area contributed by atoms with Gasteiger partial charge in [0.05, 0.1) is 12.6 Å². The second-order valence-electron chi connectivity index (χ2n) is 5.94. The molecule has 6 heteroatoms. The standard InChI is InChI=1S/C16H30N4O2/c1-3-17-16(19-10-9-18-15(21)13-5-6-13)20-11-7-14(8-12-20)22-4-2/h13-14H,3-12H2,1-2H3,(H,17,19)(H,18,21). The highest BCUT2D eigenvalue weighted by Crippen LogP contribution is 2.28. The number of piperidine rings is 1. The van der Waals surface area contributed by atoms with Gasteiger partial charge in [0, 0.05) is 38.7 Å². The van der Waals surface area contributed by atoms with E-state index in [-0.39, 0.29) is 11.8 Å². The second kappa shape index (κ2) is 8.98. The molecule has 1 saturated carbocycles. The summed E-state index contributed by atoms with van der Waals surface area (Å²) in [6.45, 7) is 8.99. The van der Waals surface area contributed by atoms with Crippen molar-refractivity contribution in [3.63, 3.8) is 0 Å². The topological polar surface area (TPSA) is 66.0 Å². The number of carbonyl (C=O) groups is 1. The lowest BCUT2D eigenvalue weighted by Gasteiger charge is -2.34. The lowest BCUT2D eigenvalue weighted by Crippen LogP contribution is -2.47. The largest absolute Gasteiger partial charge is 0.378 e. The molecule has 0 unspecified atom stereocenters. The van der Waals surface area contributed by atoms with E-state index in [2.05, 4.69) is 27.4 Å². The number of nitrogens with zero attached hydrogens (tertiary/aromatic N) is 2. The Bertz CT molecular complexity index is 374. The maximum absolute atomic E-state index is 11.6. The van der Waals surface area contributed by atoms with Crippen LogP contribution in [0, 0.1) is 5.92 Å². The van der Waals surface area contributed by atoms with Crippen molar-refractivity contribution >= 4 is 11.9 Å². The van der Waals surface area contributed by atoms with Gasteiger partial charge in [-0.2, -0.15) is 0 Å². The molecule has 0 aromatic carbocycles. The van der Waals surface area contributed by atoms with Crippen LogP contribution in [-0.2, 0) is 9.53 Å². The van der Waals surface area contributed by atoms with Gasteiger partial charge < -0.3 is 20.3 Å². The smallest absolute Gasteiger partial charge is 0.223 e. The van der Waals surface area contributed by atoms with Gasteiger partial charge in [0.1, 0.15) is 0 Å². The highest BCUT2D eigenvalue weighted by Gasteiger charge is 2.29. The van der Waals surface area contributed by atoms with Crippen molar-refractivity contribution in [3.05, 3.63) is 0 Å². The molecule has 2 aliphatic rings. The van der Waals surface area contributed by atoms with Crippen molar-refractivity contribution in [1.82, 2.24) is 15.5 Å². The Morgan fingerprint density at radius 2 is 1.91 bits per heavy atom. The van der Waals surface area contributed by atoms with E-state index in [1.807, 2.05) is 6.92 Å². The van der Waals surface area contributed by atoms with E-state index in [9.17, 15) is 4.79 Å². The van der Waals surface area contributed by atoms with Crippen molar-refractivity contribution in [3.8, 4) is 0 Å². The van der Waals surface area contributed by atoms with Gasteiger partial charge in [-0.05, 0) is 39.5 Å². The van der Waals surface area contributed by atoms with Gasteiger partial charge in [0.25, 0.3) is 0 Å². The Labute approximate surface area is 133 Å². The molecular formula is C16H30N4O2. The molecule has 1 heterocycles. The zero-order valence-electron chi connectivity index (χ0n) is 13.9. The third-order valence-corrected chi connectivity index (χ3v) is 4.10. The number of guanidine groups is 1. The van der Waals surface area contributed by atoms with Crippen LogP contribution in [0.2, 0.25) is 0 Å². The number of amides is 1. The van der Waals surface area contributed by atoms with Gasteiger partial charge in [-0.25, -0.2) is 0 Å². The van der Waals surface area contributed by atoms with E-state index in [4.69, 9.17) is 4.74 Å². The number of ether oxygens (including phenoxy) is 1. The summed E-state index contributed by atoms with van der Waals surface area (Å²) in [6.07, 6.45) is 4.59. The number of aliphatic imine (C=N–C) groups is 1. The lowest BCUT2D eigenvalue weighted by atomic mass is 10.1. The monoisotopic (exact) mass is 310 g/mol. The highest BCUT2D eigenvalue weighted by atomic mass is 16.5. The van der Waals surface area contributed by atoms with Crippen LogP contribution in [0.4, 0.5) is 0 Å². The minimum Gasteiger partial charge on any atom is -0.378 e. The van der Waals surface area contributed by atoms with E-state index < -0.39 is 0 Å². The van der Waals surface area contributed by atoms with E-state index in [0.717, 1.165) is 57.9 Å². The average molecular weight is 310 g/mol. The normalized spacial score (nSPS) is 20.1. The summed E-state index contributed by atoms with van der Waals surface area (Å²) < 4.78 is 5.69. The summed E-state index contributed by atoms with van der Waals surface area (Å²) in [5.74, 6) is 1.42. The summed E-state index contributed by atoms with van der Waals surface area (Å²) in [6, 6.07) is 0. The molecule has 1 saturated heterocycles. The molecule has 1 aliphatic heterocycles. The maximum Gasteiger partial charge on any atom is 0.223 e. The number of nitrogens with one attached hydrogen (secondary N) is 2. The average Bonchev–Trinajstić information content (AvgIpc) is 3.36. The summed E-state index contributed by atoms with van der Waals surface area (Å²) in [4.78, 5) is 18.5. The first-order valence-corrected chi connectivity index (χ1v) is 8.67. The molecule has 2 fully saturated rings. The highest BCUT2D eigenvalue weighted by molar-refractivity contribution is 5.81. The van der Waals surface area contributed by atoms with Crippen molar-refractivity contribution in [2.75, 3.05) is 39.3 Å². The number of hydrogen-bond acceptors (Lipinski definition) is 3. The SMILES string of the molecule is CCNC(=NCCNC(=O)C1CC1)N1CCC(OCC)CC1. The molecule has 0 aromatic rings. The fraction of sp³-hybridized carbons (Fsp3) is 0.875. The van der Waals surface area contributed by atoms with Crippen LogP contribution in [0.15, 0.2) is 4.99 Å². The van der Waals surface area contributed by atoms with Crippen molar-refractivity contribution in [2.45, 2.75) is 45.6 Å². The first kappa shape index (κ1) is 17.1. The van der Waals surface area contributed by atoms with Crippen molar-refractivity contribution in [2.24, 2.45) is 10.9 Å². The van der Waals surface area contributed by atoms with Gasteiger partial charge >= 0.3 is 0 Å². The molecule has 0 aromatic heterocycles. The summed E-state index contributed by atoms with van der Waals surface area (Å²) in [7, 11) is 0. The molecule has 126 valence electrons. The van der Waals surface area contributed by atoms with Crippen LogP contribution in [0.25, 0.3) is 0 Å². The number of carbonyl (C=O) groups excluding carboxylic acids is 1. The molecule has 2 rings (SSSR count). The van der Waals surface area contributed by atoms with Crippen LogP contribution in [0.5, 0.6) is 0 Å². The zero-order valence-corrected chi connectivity index (χ0v) is 13.9. The van der Waals surface area contributed by atoms with E-state index in [1.54, 1.807) is 0 Å². The summed E-state index contributed by atoms with van der Waals surface area (Å²) >= 11 is 0. The first-order valence-electron chi connectivity index (χ1n) is 8.67. The van der Waals surface area contributed by atoms with Gasteiger partial charge in [-0.3, -0.25) is 9.79 Å². The number of hydrogen-bond donors (Lipinski definition) is 2. The van der Waals surface area contributed by atoms with Crippen LogP contribution in [-0.4, -0.2) is 62.2 Å². The van der Waals surface area contributed by atoms with Gasteiger partial charge in [-0.15, -0.1) is 0 Å². The third-order valence-electron chi connectivity index (χ3n) is 4.10. The zero-order chi connectivity index (χ0) is 15.8. The van der Waals surface area contributed by atoms with Gasteiger partial charge in [-0.1, -0.05) is 0 Å². The molecule has 0 radical (unpaired) electrons. The fourth-order valence-corrected chi connectivity index (χ4v) is 2.73. The van der Waals surface area contributed by atoms with Crippen molar-refractivity contribution < 1.29 is 9.53 Å². The van der Waals surface area contributed by atoms with E-state index >= 15 is 0 Å². The Kier molecular flexibility index (Phi) is 6.96. The van der Waals surface area contributed by atoms with E-state index in [1.165, 1.54) is 0 Å². The molecule has 1 amide bonds. The van der Waals surface area contributed by atoms with Gasteiger partial charge in [0.2, 0.25) is 5.91 Å². The Morgan fingerprint density at radius 1 is 1.18 bits per heavy atom. The maximum atomic E-state index is 11.6. The van der Waals surface area contributed by atoms with Gasteiger partial charge in [0.15, 0.2) is 5.96 Å². The summed E-state index contributed by atoms with van der Waals surface area (Å²) in [5.41, 5.74) is 0. The Balaban J connectivity index is 1.73. The van der Waals surface area contributed by atoms with Crippen LogP contribution in [0.3, 0.4) is 0 Å². The quantitative estimate of drug-likeness (QED) is 0.418. The molecule has 2 N–H and O–H groups in total. The second-order valence-corrected chi connectivity index (χ2v) is 5.94. The number of rotatable bonds is 7. The Hall–Kier alpha value is -1.30. The van der Waals surface area contributed by atoms with Crippen LogP contribution >= 0.6 is 0 Å². The number of likely N-dealkylation sites (tertiary alicyclic amines) is 1. The molecule has 0 spiro atoms. The Morgan fingerprint density at radius 3 is 2.50 bits per heavy atom. The minimum absolute atomic E-state index is 0.192. The van der Waals surface area contributed by atoms with Crippen molar-refractivity contribution in [1.29, 1.82) is 0 Å². The molecule has 0 bridgehead atoms. The predicted molar refractivity (Wildman–Crippen MR) is 87.9 cm³/mol. The fourth-order valence-electron chi connectivity index (χ4n) is 2.73. The van der Waals surface area contributed by atoms with Crippen LogP contribution < -0.4 is 10.6 Å². The molecule has 0 atom stereocenters. The molecule has 22 heavy (non-hydrogen) atoms. The minimum atomic E-state index is 0.192. The molecular weight excluding hydrogens is 280 g/mol. The summed E-state index contributed by atoms with van der Waals surface area (Å²) in [5, 5.41) is 6.30. The first-order chi connectivity index (χ1) is 10.7. The lowest BCUT2D eigenvalue weighted by molar-refractivity contribution is -0.122. The van der Waals surface area contributed by atoms with E-state index in [0.29, 0.717) is 19.2 Å². The van der Waals surface area contributed by atoms with Crippen LogP contribution in [0.1, 0.15) is 39.5 Å². The molecule has 1 aliphatic carbocycles. The molecule has 6 nitrogen and oxygen atoms in total. The third kappa shape index (κ3) is 5.48. The predicted octanol–water partition coefficient (Wildman–Crippen LogP) is 0.979.